The summed E-state index contributed by atoms with van der Waals surface area (Å²) in [5.74, 6) is -0.629. The predicted molar refractivity (Wildman–Crippen MR) is 54.1 cm³/mol. The van der Waals surface area contributed by atoms with E-state index in [1.54, 1.807) is 6.07 Å². The van der Waals surface area contributed by atoms with Crippen molar-refractivity contribution >= 4 is 21.6 Å². The first-order valence-corrected chi connectivity index (χ1v) is 5.66. The first kappa shape index (κ1) is 10.7. The minimum Gasteiger partial charge on any atom is -0.282 e. The fourth-order valence-electron chi connectivity index (χ4n) is 1.35. The number of benzene rings is 1. The third kappa shape index (κ3) is 1.77. The van der Waals surface area contributed by atoms with Crippen LogP contribution in [0.15, 0.2) is 45.6 Å². The van der Waals surface area contributed by atoms with E-state index in [0.717, 1.165) is 6.20 Å². The molecular formula is C9H6N2O4S. The van der Waals surface area contributed by atoms with Gasteiger partial charge in [-0.3, -0.25) is 9.35 Å². The Balaban J connectivity index is 2.63. The number of rotatable bonds is 2. The van der Waals surface area contributed by atoms with E-state index >= 15 is 0 Å². The van der Waals surface area contributed by atoms with Crippen molar-refractivity contribution in [2.45, 2.75) is 4.90 Å². The quantitative estimate of drug-likeness (QED) is 0.784. The lowest BCUT2D eigenvalue weighted by atomic mass is 10.1. The van der Waals surface area contributed by atoms with E-state index < -0.39 is 16.0 Å². The Bertz CT molecular complexity index is 616. The van der Waals surface area contributed by atoms with Crippen molar-refractivity contribution in [3.05, 3.63) is 36.0 Å². The molecule has 82 valence electrons. The molecule has 1 amide bonds. The van der Waals surface area contributed by atoms with Crippen LogP contribution in [0.1, 0.15) is 5.56 Å². The second-order valence-electron chi connectivity index (χ2n) is 3.03. The Labute approximate surface area is 91.1 Å². The normalized spacial score (nSPS) is 15.3. The monoisotopic (exact) mass is 238 g/mol. The van der Waals surface area contributed by atoms with Crippen LogP contribution in [-0.2, 0) is 14.9 Å². The predicted octanol–water partition coefficient (Wildman–Crippen LogP) is 1.27. The summed E-state index contributed by atoms with van der Waals surface area (Å²) in [6.07, 6.45) is 1.16. The van der Waals surface area contributed by atoms with Gasteiger partial charge in [0.25, 0.3) is 16.0 Å². The van der Waals surface area contributed by atoms with E-state index in [9.17, 15) is 13.2 Å². The minimum absolute atomic E-state index is 0.0493. The number of nitrogens with zero attached hydrogens (tertiary/aromatic N) is 2. The molecule has 0 unspecified atom stereocenters. The summed E-state index contributed by atoms with van der Waals surface area (Å²) in [6, 6.07) is 5.61. The maximum atomic E-state index is 11.2. The van der Waals surface area contributed by atoms with Gasteiger partial charge in [-0.25, -0.2) is 0 Å². The molecule has 7 heteroatoms. The van der Waals surface area contributed by atoms with Gasteiger partial charge in [0, 0.05) is 5.56 Å². The van der Waals surface area contributed by atoms with Crippen LogP contribution >= 0.6 is 0 Å². The van der Waals surface area contributed by atoms with Crippen LogP contribution in [0.3, 0.4) is 0 Å². The van der Waals surface area contributed by atoms with Crippen molar-refractivity contribution in [2.75, 3.05) is 0 Å². The molecule has 0 radical (unpaired) electrons. The third-order valence-corrected chi connectivity index (χ3v) is 2.93. The summed E-state index contributed by atoms with van der Waals surface area (Å²) in [5.41, 5.74) is 0.147. The summed E-state index contributed by atoms with van der Waals surface area (Å²) >= 11 is 0. The van der Waals surface area contributed by atoms with Crippen LogP contribution in [0, 0.1) is 0 Å². The molecule has 0 saturated heterocycles. The largest absolute Gasteiger partial charge is 0.297 e. The molecule has 0 aromatic heterocycles. The molecule has 2 rings (SSSR count). The SMILES string of the molecule is O=C1N=NC=C1c1ccccc1S(=O)(=O)O. The molecule has 1 heterocycles. The first-order valence-electron chi connectivity index (χ1n) is 4.22. The maximum absolute atomic E-state index is 11.2. The molecule has 6 nitrogen and oxygen atoms in total. The van der Waals surface area contributed by atoms with Gasteiger partial charge in [0.05, 0.1) is 11.8 Å². The van der Waals surface area contributed by atoms with Crippen LogP contribution in [0.4, 0.5) is 0 Å². The molecule has 0 atom stereocenters. The van der Waals surface area contributed by atoms with Crippen LogP contribution in [0.25, 0.3) is 5.57 Å². The summed E-state index contributed by atoms with van der Waals surface area (Å²) in [7, 11) is -4.37. The second kappa shape index (κ2) is 3.62. The van der Waals surface area contributed by atoms with Crippen LogP contribution < -0.4 is 0 Å². The zero-order valence-electron chi connectivity index (χ0n) is 7.86. The number of hydrogen-bond donors (Lipinski definition) is 1. The highest BCUT2D eigenvalue weighted by Gasteiger charge is 2.23. The van der Waals surface area contributed by atoms with Crippen molar-refractivity contribution in [1.82, 2.24) is 0 Å². The Morgan fingerprint density at radius 1 is 1.19 bits per heavy atom. The van der Waals surface area contributed by atoms with Gasteiger partial charge in [0.1, 0.15) is 4.90 Å². The van der Waals surface area contributed by atoms with Gasteiger partial charge in [-0.1, -0.05) is 18.2 Å². The third-order valence-electron chi connectivity index (χ3n) is 2.02. The van der Waals surface area contributed by atoms with Crippen molar-refractivity contribution in [2.24, 2.45) is 10.2 Å². The average molecular weight is 238 g/mol. The Morgan fingerprint density at radius 2 is 1.88 bits per heavy atom. The van der Waals surface area contributed by atoms with Crippen LogP contribution in [-0.4, -0.2) is 18.9 Å². The number of azo groups is 1. The summed E-state index contributed by atoms with van der Waals surface area (Å²) < 4.78 is 31.1. The Hall–Kier alpha value is -1.86. The highest BCUT2D eigenvalue weighted by molar-refractivity contribution is 7.86. The van der Waals surface area contributed by atoms with Crippen molar-refractivity contribution < 1.29 is 17.8 Å². The van der Waals surface area contributed by atoms with Crippen molar-refractivity contribution in [3.63, 3.8) is 0 Å². The maximum Gasteiger partial charge on any atom is 0.297 e. The molecule has 1 aromatic carbocycles. The van der Waals surface area contributed by atoms with Crippen LogP contribution in [0.5, 0.6) is 0 Å². The van der Waals surface area contributed by atoms with Gasteiger partial charge in [0.15, 0.2) is 0 Å². The first-order chi connectivity index (χ1) is 7.50. The number of carbonyl (C=O) groups excluding carboxylic acids is 1. The Morgan fingerprint density at radius 3 is 2.44 bits per heavy atom. The topological polar surface area (TPSA) is 96.2 Å². The van der Waals surface area contributed by atoms with E-state index in [0.29, 0.717) is 0 Å². The van der Waals surface area contributed by atoms with E-state index in [2.05, 4.69) is 10.2 Å². The van der Waals surface area contributed by atoms with Crippen molar-refractivity contribution in [3.8, 4) is 0 Å². The van der Waals surface area contributed by atoms with Gasteiger partial charge in [-0.2, -0.15) is 13.5 Å². The summed E-state index contributed by atoms with van der Waals surface area (Å²) in [6.45, 7) is 0. The van der Waals surface area contributed by atoms with Gasteiger partial charge < -0.3 is 0 Å². The summed E-state index contributed by atoms with van der Waals surface area (Å²) in [5, 5.41) is 6.62. The van der Waals surface area contributed by atoms with E-state index in [1.165, 1.54) is 18.2 Å². The van der Waals surface area contributed by atoms with Crippen LogP contribution in [0.2, 0.25) is 0 Å². The van der Waals surface area contributed by atoms with E-state index in [4.69, 9.17) is 4.55 Å². The summed E-state index contributed by atoms with van der Waals surface area (Å²) in [4.78, 5) is 10.9. The molecule has 1 aliphatic rings. The molecule has 0 spiro atoms. The van der Waals surface area contributed by atoms with Gasteiger partial charge in [0.2, 0.25) is 0 Å². The lowest BCUT2D eigenvalue weighted by molar-refractivity contribution is -0.112. The zero-order valence-corrected chi connectivity index (χ0v) is 8.68. The Kier molecular flexibility index (Phi) is 2.41. The smallest absolute Gasteiger partial charge is 0.282 e. The molecule has 0 fully saturated rings. The lowest BCUT2D eigenvalue weighted by Gasteiger charge is -2.04. The van der Waals surface area contributed by atoms with Gasteiger partial charge in [-0.15, -0.1) is 5.11 Å². The standard InChI is InChI=1S/C9H6N2O4S/c12-9-7(5-10-11-9)6-3-1-2-4-8(6)16(13,14)15/h1-5H,(H,13,14,15). The molecule has 1 aromatic rings. The molecule has 0 aliphatic carbocycles. The molecule has 1 N–H and O–H groups in total. The fourth-order valence-corrected chi connectivity index (χ4v) is 2.05. The van der Waals surface area contributed by atoms with E-state index in [-0.39, 0.29) is 16.0 Å². The zero-order chi connectivity index (χ0) is 11.8. The molecular weight excluding hydrogens is 232 g/mol. The number of amides is 1. The molecule has 1 aliphatic heterocycles. The van der Waals surface area contributed by atoms with E-state index in [1.807, 2.05) is 0 Å². The highest BCUT2D eigenvalue weighted by Crippen LogP contribution is 2.26. The van der Waals surface area contributed by atoms with Gasteiger partial charge >= 0.3 is 0 Å². The second-order valence-corrected chi connectivity index (χ2v) is 4.42. The number of carbonyl (C=O) groups is 1. The number of hydrogen-bond acceptors (Lipinski definition) is 4. The average Bonchev–Trinajstić information content (AvgIpc) is 2.63. The fraction of sp³-hybridized carbons (Fsp3) is 0. The van der Waals surface area contributed by atoms with Crippen molar-refractivity contribution in [1.29, 1.82) is 0 Å². The van der Waals surface area contributed by atoms with Gasteiger partial charge in [-0.05, 0) is 6.07 Å². The molecule has 0 saturated carbocycles. The minimum atomic E-state index is -4.37. The molecule has 0 bridgehead atoms. The molecule has 16 heavy (non-hydrogen) atoms. The lowest BCUT2D eigenvalue weighted by Crippen LogP contribution is -2.05. The highest BCUT2D eigenvalue weighted by atomic mass is 32.2.